The summed E-state index contributed by atoms with van der Waals surface area (Å²) in [5, 5.41) is 2.99. The number of amides is 1. The van der Waals surface area contributed by atoms with Gasteiger partial charge in [-0.3, -0.25) is 14.9 Å². The van der Waals surface area contributed by atoms with Gasteiger partial charge in [0.1, 0.15) is 6.04 Å². The van der Waals surface area contributed by atoms with Crippen LogP contribution in [0.5, 0.6) is 0 Å². The third kappa shape index (κ3) is 5.55. The smallest absolute Gasteiger partial charge is 0.322 e. The number of likely N-dealkylation sites (N-methyl/N-ethyl adjacent to an activating group) is 1. The quantitative estimate of drug-likeness (QED) is 0.779. The van der Waals surface area contributed by atoms with Crippen molar-refractivity contribution in [2.45, 2.75) is 26.3 Å². The summed E-state index contributed by atoms with van der Waals surface area (Å²) in [6, 6.07) is 8.93. The van der Waals surface area contributed by atoms with Gasteiger partial charge < -0.3 is 9.64 Å². The van der Waals surface area contributed by atoms with E-state index >= 15 is 0 Å². The average Bonchev–Trinajstić information content (AvgIpc) is 2.50. The van der Waals surface area contributed by atoms with Gasteiger partial charge in [-0.15, -0.1) is 0 Å². The first-order valence-corrected chi connectivity index (χ1v) is 7.08. The topological polar surface area (TPSA) is 58.6 Å². The Morgan fingerprint density at radius 2 is 1.86 bits per heavy atom. The molecular formula is C16H24N2O3. The summed E-state index contributed by atoms with van der Waals surface area (Å²) < 4.78 is 4.76. The first-order chi connectivity index (χ1) is 9.95. The SMILES string of the molecule is COC(=O)C(CC(C)C)NCC(=O)N(C)c1ccccc1. The van der Waals surface area contributed by atoms with E-state index in [0.29, 0.717) is 12.3 Å². The van der Waals surface area contributed by atoms with E-state index in [-0.39, 0.29) is 18.4 Å². The van der Waals surface area contributed by atoms with Gasteiger partial charge in [0, 0.05) is 12.7 Å². The highest BCUT2D eigenvalue weighted by atomic mass is 16.5. The second-order valence-corrected chi connectivity index (χ2v) is 5.37. The van der Waals surface area contributed by atoms with Crippen molar-refractivity contribution in [3.05, 3.63) is 30.3 Å². The minimum atomic E-state index is -0.455. The summed E-state index contributed by atoms with van der Waals surface area (Å²) >= 11 is 0. The van der Waals surface area contributed by atoms with Gasteiger partial charge in [-0.2, -0.15) is 0 Å². The molecule has 0 radical (unpaired) electrons. The largest absolute Gasteiger partial charge is 0.468 e. The molecule has 0 heterocycles. The van der Waals surface area contributed by atoms with Gasteiger partial charge in [0.15, 0.2) is 0 Å². The summed E-state index contributed by atoms with van der Waals surface area (Å²) in [5.41, 5.74) is 0.822. The van der Waals surface area contributed by atoms with Gasteiger partial charge in [-0.05, 0) is 24.5 Å². The molecule has 1 amide bonds. The van der Waals surface area contributed by atoms with Crippen LogP contribution >= 0.6 is 0 Å². The van der Waals surface area contributed by atoms with Crippen molar-refractivity contribution in [2.75, 3.05) is 25.6 Å². The number of para-hydroxylation sites is 1. The van der Waals surface area contributed by atoms with Crippen LogP contribution in [0.15, 0.2) is 30.3 Å². The van der Waals surface area contributed by atoms with Crippen LogP contribution in [0.4, 0.5) is 5.69 Å². The predicted molar refractivity (Wildman–Crippen MR) is 83.1 cm³/mol. The predicted octanol–water partition coefficient (Wildman–Crippen LogP) is 1.83. The summed E-state index contributed by atoms with van der Waals surface area (Å²) in [5.74, 6) is -0.0960. The molecule has 5 heteroatoms. The van der Waals surface area contributed by atoms with Gasteiger partial charge in [0.25, 0.3) is 0 Å². The molecule has 0 aliphatic rings. The number of rotatable bonds is 7. The molecule has 0 aliphatic carbocycles. The van der Waals surface area contributed by atoms with Crippen LogP contribution in [0.25, 0.3) is 0 Å². The number of hydrogen-bond acceptors (Lipinski definition) is 4. The highest BCUT2D eigenvalue weighted by molar-refractivity contribution is 5.94. The molecule has 1 atom stereocenters. The molecule has 0 spiro atoms. The Morgan fingerprint density at radius 1 is 1.24 bits per heavy atom. The van der Waals surface area contributed by atoms with Crippen LogP contribution in [0.2, 0.25) is 0 Å². The second-order valence-electron chi connectivity index (χ2n) is 5.37. The fourth-order valence-electron chi connectivity index (χ4n) is 2.00. The molecule has 0 bridgehead atoms. The van der Waals surface area contributed by atoms with E-state index in [1.807, 2.05) is 44.2 Å². The summed E-state index contributed by atoms with van der Waals surface area (Å²) in [6.45, 7) is 4.14. The van der Waals surface area contributed by atoms with E-state index in [1.54, 1.807) is 11.9 Å². The summed E-state index contributed by atoms with van der Waals surface area (Å²) in [7, 11) is 3.07. The zero-order chi connectivity index (χ0) is 15.8. The van der Waals surface area contributed by atoms with E-state index in [9.17, 15) is 9.59 Å². The first kappa shape index (κ1) is 17.2. The number of nitrogens with one attached hydrogen (secondary N) is 1. The zero-order valence-corrected chi connectivity index (χ0v) is 13.1. The molecular weight excluding hydrogens is 268 g/mol. The van der Waals surface area contributed by atoms with Crippen LogP contribution < -0.4 is 10.2 Å². The Kier molecular flexibility index (Phi) is 6.88. The number of benzene rings is 1. The zero-order valence-electron chi connectivity index (χ0n) is 13.1. The number of carbonyl (C=O) groups excluding carboxylic acids is 2. The monoisotopic (exact) mass is 292 g/mol. The van der Waals surface area contributed by atoms with E-state index in [1.165, 1.54) is 7.11 Å². The van der Waals surface area contributed by atoms with Crippen molar-refractivity contribution in [2.24, 2.45) is 5.92 Å². The molecule has 0 saturated heterocycles. The highest BCUT2D eigenvalue weighted by Gasteiger charge is 2.21. The van der Waals surface area contributed by atoms with E-state index < -0.39 is 6.04 Å². The van der Waals surface area contributed by atoms with Crippen molar-refractivity contribution >= 4 is 17.6 Å². The lowest BCUT2D eigenvalue weighted by Gasteiger charge is -2.21. The van der Waals surface area contributed by atoms with Gasteiger partial charge in [-0.1, -0.05) is 32.0 Å². The van der Waals surface area contributed by atoms with Crippen LogP contribution in [0.3, 0.4) is 0 Å². The van der Waals surface area contributed by atoms with Crippen molar-refractivity contribution in [1.29, 1.82) is 0 Å². The van der Waals surface area contributed by atoms with Gasteiger partial charge in [0.05, 0.1) is 13.7 Å². The maximum Gasteiger partial charge on any atom is 0.322 e. The van der Waals surface area contributed by atoms with Crippen LogP contribution in [-0.4, -0.2) is 38.6 Å². The van der Waals surface area contributed by atoms with Gasteiger partial charge in [0.2, 0.25) is 5.91 Å². The Morgan fingerprint density at radius 3 is 2.38 bits per heavy atom. The standard InChI is InChI=1S/C16H24N2O3/c1-12(2)10-14(16(20)21-4)17-11-15(19)18(3)13-8-6-5-7-9-13/h5-9,12,14,17H,10-11H2,1-4H3. The molecule has 0 fully saturated rings. The van der Waals surface area contributed by atoms with E-state index in [2.05, 4.69) is 5.32 Å². The van der Waals surface area contributed by atoms with Crippen molar-refractivity contribution in [3.63, 3.8) is 0 Å². The lowest BCUT2D eigenvalue weighted by molar-refractivity contribution is -0.143. The fraction of sp³-hybridized carbons (Fsp3) is 0.500. The number of anilines is 1. The summed E-state index contributed by atoms with van der Waals surface area (Å²) in [6.07, 6.45) is 0.634. The van der Waals surface area contributed by atoms with Gasteiger partial charge in [-0.25, -0.2) is 0 Å². The molecule has 1 aromatic carbocycles. The van der Waals surface area contributed by atoms with Crippen LogP contribution in [0.1, 0.15) is 20.3 Å². The lowest BCUT2D eigenvalue weighted by Crippen LogP contribution is -2.44. The third-order valence-electron chi connectivity index (χ3n) is 3.21. The van der Waals surface area contributed by atoms with Crippen LogP contribution in [0, 0.1) is 5.92 Å². The molecule has 1 unspecified atom stereocenters. The van der Waals surface area contributed by atoms with Crippen LogP contribution in [-0.2, 0) is 14.3 Å². The number of esters is 1. The molecule has 0 saturated carbocycles. The number of hydrogen-bond donors (Lipinski definition) is 1. The average molecular weight is 292 g/mol. The highest BCUT2D eigenvalue weighted by Crippen LogP contribution is 2.11. The molecule has 1 N–H and O–H groups in total. The van der Waals surface area contributed by atoms with Crippen molar-refractivity contribution < 1.29 is 14.3 Å². The molecule has 5 nitrogen and oxygen atoms in total. The van der Waals surface area contributed by atoms with Gasteiger partial charge >= 0.3 is 5.97 Å². The Hall–Kier alpha value is -1.88. The molecule has 116 valence electrons. The molecule has 1 aromatic rings. The maximum absolute atomic E-state index is 12.2. The normalized spacial score (nSPS) is 12.0. The molecule has 0 aromatic heterocycles. The fourth-order valence-corrected chi connectivity index (χ4v) is 2.00. The molecule has 21 heavy (non-hydrogen) atoms. The Bertz CT molecular complexity index is 460. The first-order valence-electron chi connectivity index (χ1n) is 7.08. The maximum atomic E-state index is 12.2. The lowest BCUT2D eigenvalue weighted by atomic mass is 10.0. The van der Waals surface area contributed by atoms with E-state index in [0.717, 1.165) is 5.69 Å². The van der Waals surface area contributed by atoms with E-state index in [4.69, 9.17) is 4.74 Å². The molecule has 0 aliphatic heterocycles. The molecule has 1 rings (SSSR count). The van der Waals surface area contributed by atoms with Crippen molar-refractivity contribution in [3.8, 4) is 0 Å². The number of nitrogens with zero attached hydrogens (tertiary/aromatic N) is 1. The Balaban J connectivity index is 2.58. The number of carbonyl (C=O) groups is 2. The third-order valence-corrected chi connectivity index (χ3v) is 3.21. The second kappa shape index (κ2) is 8.42. The number of ether oxygens (including phenoxy) is 1. The Labute approximate surface area is 126 Å². The minimum Gasteiger partial charge on any atom is -0.468 e. The minimum absolute atomic E-state index is 0.0951. The van der Waals surface area contributed by atoms with Crippen molar-refractivity contribution in [1.82, 2.24) is 5.32 Å². The number of methoxy groups -OCH3 is 1. The summed E-state index contributed by atoms with van der Waals surface area (Å²) in [4.78, 5) is 25.4.